The Labute approximate surface area is 256 Å². The number of fused-ring (bicyclic) bond motifs is 1. The molecule has 0 bridgehead atoms. The molecule has 0 aromatic rings. The Morgan fingerprint density at radius 3 is 2.16 bits per heavy atom. The van der Waals surface area contributed by atoms with Gasteiger partial charge in [-0.3, -0.25) is 0 Å². The number of aliphatic hydroxyl groups excluding tert-OH is 2. The van der Waals surface area contributed by atoms with Crippen LogP contribution in [0.1, 0.15) is 81.1 Å². The summed E-state index contributed by atoms with van der Waals surface area (Å²) < 4.78 is 11.6. The average molecular weight is 589 g/mol. The Bertz CT molecular complexity index is 1400. The lowest BCUT2D eigenvalue weighted by molar-refractivity contribution is -0.132. The summed E-state index contributed by atoms with van der Waals surface area (Å²) in [5, 5.41) is 31.2. The molecule has 2 saturated carbocycles. The number of epoxide rings is 1. The predicted octanol–water partition coefficient (Wildman–Crippen LogP) is 6.64. The number of rotatable bonds is 7. The van der Waals surface area contributed by atoms with Crippen molar-refractivity contribution in [1.82, 2.24) is 0 Å². The first-order valence-electron chi connectivity index (χ1n) is 15.2. The fourth-order valence-electron chi connectivity index (χ4n) is 7.33. The smallest absolute Gasteiger partial charge is 0.343 e. The second-order valence-corrected chi connectivity index (χ2v) is 14.4. The minimum atomic E-state index is -1.08. The molecule has 6 heteroatoms. The molecule has 43 heavy (non-hydrogen) atoms. The summed E-state index contributed by atoms with van der Waals surface area (Å²) in [6.07, 6.45) is 22.1. The van der Waals surface area contributed by atoms with Gasteiger partial charge in [0.05, 0.1) is 23.4 Å². The van der Waals surface area contributed by atoms with Crippen LogP contribution in [0, 0.1) is 10.8 Å². The fourth-order valence-corrected chi connectivity index (χ4v) is 7.33. The van der Waals surface area contributed by atoms with Gasteiger partial charge in [-0.25, -0.2) is 4.79 Å². The van der Waals surface area contributed by atoms with Crippen LogP contribution in [-0.2, 0) is 14.3 Å². The lowest BCUT2D eigenvalue weighted by Crippen LogP contribution is -2.46. The lowest BCUT2D eigenvalue weighted by atomic mass is 9.63. The van der Waals surface area contributed by atoms with Crippen molar-refractivity contribution in [3.8, 4) is 0 Å². The topological polar surface area (TPSA) is 99.5 Å². The molecule has 0 aromatic heterocycles. The zero-order valence-corrected chi connectivity index (χ0v) is 26.9. The second kappa shape index (κ2) is 11.8. The molecule has 0 radical (unpaired) electrons. The molecule has 3 fully saturated rings. The van der Waals surface area contributed by atoms with Crippen LogP contribution in [0.15, 0.2) is 101 Å². The molecule has 0 aromatic carbocycles. The molecular weight excluding hydrogens is 540 g/mol. The molecule has 1 saturated heterocycles. The highest BCUT2D eigenvalue weighted by molar-refractivity contribution is 5.95. The van der Waals surface area contributed by atoms with Gasteiger partial charge in [0, 0.05) is 23.8 Å². The van der Waals surface area contributed by atoms with E-state index in [0.717, 1.165) is 16.7 Å². The third-order valence-electron chi connectivity index (χ3n) is 9.21. The van der Waals surface area contributed by atoms with Gasteiger partial charge in [-0.15, -0.1) is 5.73 Å². The second-order valence-electron chi connectivity index (χ2n) is 14.4. The first-order valence-corrected chi connectivity index (χ1v) is 15.2. The molecule has 232 valence electrons. The van der Waals surface area contributed by atoms with Gasteiger partial charge < -0.3 is 24.8 Å². The number of allylic oxidation sites excluding steroid dienone is 10. The molecule has 3 N–H and O–H groups in total. The van der Waals surface area contributed by atoms with E-state index < -0.39 is 22.9 Å². The Morgan fingerprint density at radius 2 is 1.53 bits per heavy atom. The van der Waals surface area contributed by atoms with Crippen molar-refractivity contribution < 1.29 is 29.6 Å². The van der Waals surface area contributed by atoms with E-state index in [-0.39, 0.29) is 22.9 Å². The summed E-state index contributed by atoms with van der Waals surface area (Å²) in [4.78, 5) is 12.5. The Morgan fingerprint density at radius 1 is 0.907 bits per heavy atom. The quantitative estimate of drug-likeness (QED) is 0.134. The monoisotopic (exact) mass is 588 g/mol. The Balaban J connectivity index is 1.36. The van der Waals surface area contributed by atoms with E-state index >= 15 is 0 Å². The van der Waals surface area contributed by atoms with E-state index in [1.54, 1.807) is 19.1 Å². The highest BCUT2D eigenvalue weighted by atomic mass is 16.6. The van der Waals surface area contributed by atoms with Gasteiger partial charge in [0.15, 0.2) is 0 Å². The number of carbonyl (C=O) groups is 1. The van der Waals surface area contributed by atoms with E-state index in [1.165, 1.54) is 0 Å². The van der Waals surface area contributed by atoms with Gasteiger partial charge in [0.1, 0.15) is 17.0 Å². The molecule has 2 heterocycles. The summed E-state index contributed by atoms with van der Waals surface area (Å²) in [7, 11) is 0. The highest BCUT2D eigenvalue weighted by Gasteiger charge is 2.74. The van der Waals surface area contributed by atoms with Crippen LogP contribution in [0.3, 0.4) is 0 Å². The molecule has 5 unspecified atom stereocenters. The Hall–Kier alpha value is -2.99. The van der Waals surface area contributed by atoms with E-state index in [2.05, 4.69) is 19.6 Å². The molecule has 6 nitrogen and oxygen atoms in total. The minimum absolute atomic E-state index is 0.250. The van der Waals surface area contributed by atoms with Gasteiger partial charge in [-0.1, -0.05) is 64.2 Å². The summed E-state index contributed by atoms with van der Waals surface area (Å²) >= 11 is 0. The predicted molar refractivity (Wildman–Crippen MR) is 170 cm³/mol. The van der Waals surface area contributed by atoms with Crippen molar-refractivity contribution in [3.63, 3.8) is 0 Å². The summed E-state index contributed by atoms with van der Waals surface area (Å²) in [5.74, 6) is 0.105. The first-order chi connectivity index (χ1) is 19.9. The van der Waals surface area contributed by atoms with Crippen molar-refractivity contribution in [2.45, 2.75) is 110 Å². The van der Waals surface area contributed by atoms with Crippen LogP contribution in [0.4, 0.5) is 0 Å². The van der Waals surface area contributed by atoms with E-state index in [4.69, 9.17) is 9.47 Å². The standard InChI is InChI=1S/C37H48O6/c1-25(15-16-31-33(3,4)21-28(38)23-35(31,7)41)13-11-9-10-12-14-26(2)19-30-20-27(32(40)42-30)17-18-37-34(5,6)22-29(39)24-36(37,8)43-37/h9-15,17-20,28-29,38-39,41H,21-24H2,1-8H3/b11-9+,12-10+,18-17+,25-13+,26-14+,30-19-. The van der Waals surface area contributed by atoms with Crippen LogP contribution in [0.2, 0.25) is 0 Å². The van der Waals surface area contributed by atoms with E-state index in [9.17, 15) is 20.1 Å². The molecule has 0 amide bonds. The molecule has 0 spiro atoms. The van der Waals surface area contributed by atoms with Gasteiger partial charge in [-0.05, 0) is 87.5 Å². The van der Waals surface area contributed by atoms with Crippen molar-refractivity contribution in [2.24, 2.45) is 10.8 Å². The van der Waals surface area contributed by atoms with Crippen molar-refractivity contribution in [3.05, 3.63) is 101 Å². The van der Waals surface area contributed by atoms with Crippen LogP contribution >= 0.6 is 0 Å². The van der Waals surface area contributed by atoms with Crippen molar-refractivity contribution in [2.75, 3.05) is 0 Å². The SMILES string of the molecule is C\C(C=C=C1C(C)(C)CC(O)CC1(C)O)=C/C=C/C=C/C=C(C)/C=C1C=C(/C=C/C23OC2(C)CC(O)CC3(C)C)C(=O)O/1. The van der Waals surface area contributed by atoms with E-state index in [0.29, 0.717) is 37.0 Å². The number of carbonyl (C=O) groups excluding carboxylic acids is 1. The zero-order valence-electron chi connectivity index (χ0n) is 26.9. The Kier molecular flexibility index (Phi) is 9.06. The van der Waals surface area contributed by atoms with Gasteiger partial charge in [-0.2, -0.15) is 0 Å². The number of aliphatic hydroxyl groups is 3. The number of ether oxygens (including phenoxy) is 2. The van der Waals surface area contributed by atoms with Gasteiger partial charge in [0.2, 0.25) is 0 Å². The number of hydrogen-bond acceptors (Lipinski definition) is 6. The number of cyclic esters (lactones) is 1. The van der Waals surface area contributed by atoms with Crippen LogP contribution < -0.4 is 0 Å². The zero-order chi connectivity index (χ0) is 31.8. The first kappa shape index (κ1) is 32.9. The van der Waals surface area contributed by atoms with Gasteiger partial charge in [0.25, 0.3) is 0 Å². The summed E-state index contributed by atoms with van der Waals surface area (Å²) in [6, 6.07) is 0. The maximum atomic E-state index is 12.5. The summed E-state index contributed by atoms with van der Waals surface area (Å²) in [5.41, 5.74) is 3.94. The molecular formula is C37H48O6. The van der Waals surface area contributed by atoms with Crippen LogP contribution in [0.5, 0.6) is 0 Å². The lowest BCUT2D eigenvalue weighted by Gasteiger charge is -2.43. The molecule has 5 atom stereocenters. The maximum Gasteiger partial charge on any atom is 0.343 e. The van der Waals surface area contributed by atoms with Gasteiger partial charge >= 0.3 is 5.97 Å². The average Bonchev–Trinajstić information content (AvgIpc) is 3.32. The molecule has 2 aliphatic carbocycles. The molecule has 2 aliphatic heterocycles. The summed E-state index contributed by atoms with van der Waals surface area (Å²) in [6.45, 7) is 15.9. The fraction of sp³-hybridized carbons (Fsp3) is 0.514. The van der Waals surface area contributed by atoms with Crippen molar-refractivity contribution >= 4 is 5.97 Å². The number of esters is 1. The molecule has 4 rings (SSSR count). The molecule has 4 aliphatic rings. The maximum absolute atomic E-state index is 12.5. The minimum Gasteiger partial charge on any atom is -0.423 e. The normalized spacial score (nSPS) is 36.7. The van der Waals surface area contributed by atoms with Crippen molar-refractivity contribution in [1.29, 1.82) is 0 Å². The number of hydrogen-bond donors (Lipinski definition) is 3. The highest BCUT2D eigenvalue weighted by Crippen LogP contribution is 2.66. The third kappa shape index (κ3) is 7.06. The van der Waals surface area contributed by atoms with Crippen LogP contribution in [-0.4, -0.2) is 50.3 Å². The largest absolute Gasteiger partial charge is 0.423 e. The van der Waals surface area contributed by atoms with E-state index in [1.807, 2.05) is 89.3 Å². The van der Waals surface area contributed by atoms with Crippen LogP contribution in [0.25, 0.3) is 0 Å². The third-order valence-corrected chi connectivity index (χ3v) is 9.21.